The molecule has 0 bridgehead atoms. The SMILES string of the molecule is O=C(C[C@@H]1CC=CC2=C1CC=C1C=NC=c3ccc4ccccc4c3=C12)Nc1ccccc1C(=O)c1ccccc1. The van der Waals surface area contributed by atoms with Gasteiger partial charge in [-0.1, -0.05) is 103 Å². The Bertz CT molecular complexity index is 1980. The van der Waals surface area contributed by atoms with Crippen LogP contribution in [0.3, 0.4) is 0 Å². The summed E-state index contributed by atoms with van der Waals surface area (Å²) in [4.78, 5) is 31.3. The highest BCUT2D eigenvalue weighted by Crippen LogP contribution is 2.40. The third-order valence-corrected chi connectivity index (χ3v) is 8.20. The fraction of sp³-hybridized carbons (Fsp3) is 0.108. The molecule has 1 heterocycles. The van der Waals surface area contributed by atoms with Crippen LogP contribution in [0.25, 0.3) is 22.5 Å². The minimum Gasteiger partial charge on any atom is -0.325 e. The molecule has 3 aliphatic rings. The summed E-state index contributed by atoms with van der Waals surface area (Å²) < 4.78 is 0. The van der Waals surface area contributed by atoms with E-state index in [9.17, 15) is 9.59 Å². The molecular weight excluding hydrogens is 504 g/mol. The van der Waals surface area contributed by atoms with E-state index in [-0.39, 0.29) is 17.6 Å². The number of rotatable bonds is 5. The quantitative estimate of drug-likeness (QED) is 0.308. The Morgan fingerprint density at radius 2 is 1.68 bits per heavy atom. The van der Waals surface area contributed by atoms with Crippen molar-refractivity contribution in [1.82, 2.24) is 0 Å². The van der Waals surface area contributed by atoms with Gasteiger partial charge < -0.3 is 5.32 Å². The number of amides is 1. The molecule has 1 amide bonds. The summed E-state index contributed by atoms with van der Waals surface area (Å²) in [6.45, 7) is 0. The maximum absolute atomic E-state index is 13.5. The Hall–Kier alpha value is -5.09. The Balaban J connectivity index is 1.23. The second-order valence-corrected chi connectivity index (χ2v) is 10.7. The lowest BCUT2D eigenvalue weighted by Crippen LogP contribution is -2.30. The van der Waals surface area contributed by atoms with Crippen molar-refractivity contribution in [3.8, 4) is 0 Å². The van der Waals surface area contributed by atoms with Gasteiger partial charge in [0.25, 0.3) is 0 Å². The van der Waals surface area contributed by atoms with Crippen LogP contribution in [-0.2, 0) is 4.79 Å². The molecule has 0 unspecified atom stereocenters. The summed E-state index contributed by atoms with van der Waals surface area (Å²) in [5.41, 5.74) is 6.43. The Labute approximate surface area is 238 Å². The summed E-state index contributed by atoms with van der Waals surface area (Å²) in [7, 11) is 0. The molecule has 4 aromatic carbocycles. The largest absolute Gasteiger partial charge is 0.325 e. The minimum atomic E-state index is -0.105. The Morgan fingerprint density at radius 1 is 0.878 bits per heavy atom. The number of allylic oxidation sites excluding steroid dienone is 6. The third-order valence-electron chi connectivity index (χ3n) is 8.20. The molecule has 198 valence electrons. The van der Waals surface area contributed by atoms with Crippen molar-refractivity contribution in [2.24, 2.45) is 10.9 Å². The van der Waals surface area contributed by atoms with Gasteiger partial charge >= 0.3 is 0 Å². The van der Waals surface area contributed by atoms with Gasteiger partial charge in [-0.05, 0) is 63.6 Å². The number of ketones is 1. The van der Waals surface area contributed by atoms with Gasteiger partial charge in [0.15, 0.2) is 5.78 Å². The van der Waals surface area contributed by atoms with Gasteiger partial charge in [0.05, 0.1) is 5.69 Å². The molecule has 1 N–H and O–H groups in total. The fourth-order valence-corrected chi connectivity index (χ4v) is 6.25. The van der Waals surface area contributed by atoms with E-state index in [4.69, 9.17) is 0 Å². The van der Waals surface area contributed by atoms with Crippen LogP contribution >= 0.6 is 0 Å². The van der Waals surface area contributed by atoms with E-state index >= 15 is 0 Å². The number of hydrogen-bond donors (Lipinski definition) is 1. The van der Waals surface area contributed by atoms with E-state index in [0.717, 1.165) is 23.6 Å². The number of anilines is 1. The van der Waals surface area contributed by atoms with Crippen LogP contribution in [0.1, 0.15) is 35.2 Å². The smallest absolute Gasteiger partial charge is 0.225 e. The number of fused-ring (bicyclic) bond motifs is 5. The average molecular weight is 533 g/mol. The summed E-state index contributed by atoms with van der Waals surface area (Å²) in [6.07, 6.45) is 12.5. The predicted molar refractivity (Wildman–Crippen MR) is 166 cm³/mol. The summed E-state index contributed by atoms with van der Waals surface area (Å²) >= 11 is 0. The number of nitrogens with zero attached hydrogens (tertiary/aromatic N) is 1. The van der Waals surface area contributed by atoms with Crippen LogP contribution < -0.4 is 15.8 Å². The Kier molecular flexibility index (Phi) is 6.36. The van der Waals surface area contributed by atoms with Crippen LogP contribution in [0.5, 0.6) is 0 Å². The third kappa shape index (κ3) is 4.57. The molecule has 0 spiro atoms. The molecule has 0 saturated carbocycles. The van der Waals surface area contributed by atoms with Crippen LogP contribution in [-0.4, -0.2) is 17.9 Å². The van der Waals surface area contributed by atoms with Gasteiger partial charge in [0.2, 0.25) is 5.91 Å². The van der Waals surface area contributed by atoms with Crippen molar-refractivity contribution in [3.63, 3.8) is 0 Å². The van der Waals surface area contributed by atoms with Gasteiger partial charge in [-0.25, -0.2) is 0 Å². The van der Waals surface area contributed by atoms with Crippen LogP contribution in [0.15, 0.2) is 131 Å². The lowest BCUT2D eigenvalue weighted by Gasteiger charge is -2.29. The molecule has 4 nitrogen and oxygen atoms in total. The molecule has 1 aliphatic heterocycles. The number of carbonyl (C=O) groups excluding carboxylic acids is 2. The van der Waals surface area contributed by atoms with E-state index in [1.807, 2.05) is 42.7 Å². The molecular formula is C37H28N2O2. The first-order valence-electron chi connectivity index (χ1n) is 14.0. The van der Waals surface area contributed by atoms with E-state index < -0.39 is 0 Å². The highest BCUT2D eigenvalue weighted by atomic mass is 16.1. The first-order chi connectivity index (χ1) is 20.2. The van der Waals surface area contributed by atoms with Gasteiger partial charge in [-0.2, -0.15) is 0 Å². The molecule has 1 atom stereocenters. The zero-order chi connectivity index (χ0) is 27.8. The molecule has 4 aromatic rings. The lowest BCUT2D eigenvalue weighted by atomic mass is 9.75. The van der Waals surface area contributed by atoms with Crippen molar-refractivity contribution in [2.75, 3.05) is 5.32 Å². The molecule has 7 rings (SSSR count). The zero-order valence-corrected chi connectivity index (χ0v) is 22.5. The van der Waals surface area contributed by atoms with Gasteiger partial charge in [-0.15, -0.1) is 0 Å². The highest BCUT2D eigenvalue weighted by Gasteiger charge is 2.28. The topological polar surface area (TPSA) is 58.5 Å². The Morgan fingerprint density at radius 3 is 2.59 bits per heavy atom. The first-order valence-corrected chi connectivity index (χ1v) is 14.0. The van der Waals surface area contributed by atoms with Crippen molar-refractivity contribution in [1.29, 1.82) is 0 Å². The molecule has 2 aliphatic carbocycles. The number of benzene rings is 4. The molecule has 0 saturated heterocycles. The number of aliphatic imine (C=N–C) groups is 1. The maximum atomic E-state index is 13.5. The monoisotopic (exact) mass is 532 g/mol. The van der Waals surface area contributed by atoms with E-state index in [1.54, 1.807) is 24.3 Å². The second kappa shape index (κ2) is 10.5. The highest BCUT2D eigenvalue weighted by molar-refractivity contribution is 6.14. The van der Waals surface area contributed by atoms with Gasteiger partial charge in [-0.3, -0.25) is 14.6 Å². The molecule has 4 heteroatoms. The summed E-state index contributed by atoms with van der Waals surface area (Å²) in [5.74, 6) is -0.127. The van der Waals surface area contributed by atoms with Crippen LogP contribution in [0.2, 0.25) is 0 Å². The predicted octanol–water partition coefficient (Wildman–Crippen LogP) is 6.28. The van der Waals surface area contributed by atoms with E-state index in [2.05, 4.69) is 64.9 Å². The summed E-state index contributed by atoms with van der Waals surface area (Å²) in [5, 5.41) is 7.75. The zero-order valence-electron chi connectivity index (χ0n) is 22.5. The molecule has 0 aromatic heterocycles. The second-order valence-electron chi connectivity index (χ2n) is 10.7. The molecule has 0 radical (unpaired) electrons. The lowest BCUT2D eigenvalue weighted by molar-refractivity contribution is -0.116. The van der Waals surface area contributed by atoms with E-state index in [0.29, 0.717) is 23.2 Å². The maximum Gasteiger partial charge on any atom is 0.225 e. The van der Waals surface area contributed by atoms with Crippen molar-refractivity contribution in [3.05, 3.63) is 148 Å². The minimum absolute atomic E-state index is 0.0693. The van der Waals surface area contributed by atoms with Crippen molar-refractivity contribution < 1.29 is 9.59 Å². The summed E-state index contributed by atoms with van der Waals surface area (Å²) in [6, 6.07) is 29.2. The van der Waals surface area contributed by atoms with Gasteiger partial charge in [0, 0.05) is 35.2 Å². The molecule has 41 heavy (non-hydrogen) atoms. The normalized spacial score (nSPS) is 17.1. The fourth-order valence-electron chi connectivity index (χ4n) is 6.25. The number of nitrogens with one attached hydrogen (secondary N) is 1. The van der Waals surface area contributed by atoms with E-state index in [1.165, 1.54) is 32.7 Å². The average Bonchev–Trinajstić information content (AvgIpc) is 3.21. The van der Waals surface area contributed by atoms with Crippen molar-refractivity contribution in [2.45, 2.75) is 19.3 Å². The molecule has 0 fully saturated rings. The number of para-hydroxylation sites is 1. The van der Waals surface area contributed by atoms with Crippen LogP contribution in [0.4, 0.5) is 5.69 Å². The number of carbonyl (C=O) groups is 2. The van der Waals surface area contributed by atoms with Gasteiger partial charge in [0.1, 0.15) is 0 Å². The van der Waals surface area contributed by atoms with Crippen molar-refractivity contribution >= 4 is 46.1 Å². The van der Waals surface area contributed by atoms with Crippen LogP contribution in [0, 0.1) is 5.92 Å². The first kappa shape index (κ1) is 24.9. The standard InChI is InChI=1S/C37H28N2O2/c40-34(39-33-16-7-6-14-32(33)37(41)25-10-2-1-3-11-25)21-26-12-8-15-31-29(26)20-19-28-23-38-22-27-18-17-24-9-4-5-13-30(24)35(27)36(28)31/h1-11,13-19,22-23,26H,12,20-21H2,(H,39,40)/t26-/m0/s1. The number of hydrogen-bond acceptors (Lipinski definition) is 3.